The molecule has 1 fully saturated rings. The zero-order valence-corrected chi connectivity index (χ0v) is 13.9. The molecule has 1 N–H and O–H groups in total. The highest BCUT2D eigenvalue weighted by Gasteiger charge is 2.25. The predicted octanol–water partition coefficient (Wildman–Crippen LogP) is 3.85. The van der Waals surface area contributed by atoms with Crippen LogP contribution in [0, 0.1) is 0 Å². The zero-order valence-electron chi connectivity index (χ0n) is 12.3. The summed E-state index contributed by atoms with van der Waals surface area (Å²) in [5, 5.41) is 3.07. The molecule has 1 saturated heterocycles. The first-order valence-corrected chi connectivity index (χ1v) is 8.39. The number of amides is 1. The molecule has 4 heteroatoms. The fourth-order valence-electron chi connectivity index (χ4n) is 2.96. The van der Waals surface area contributed by atoms with E-state index in [4.69, 9.17) is 0 Å². The monoisotopic (exact) mass is 358 g/mol. The molecule has 0 saturated carbocycles. The van der Waals surface area contributed by atoms with Crippen LogP contribution in [0.15, 0.2) is 59.1 Å². The molecule has 0 radical (unpaired) electrons. The van der Waals surface area contributed by atoms with E-state index < -0.39 is 0 Å². The molecule has 22 heavy (non-hydrogen) atoms. The van der Waals surface area contributed by atoms with Crippen molar-refractivity contribution in [1.29, 1.82) is 0 Å². The number of nitrogens with one attached hydrogen (secondary N) is 1. The summed E-state index contributed by atoms with van der Waals surface area (Å²) in [6, 6.07) is 18.3. The highest BCUT2D eigenvalue weighted by Crippen LogP contribution is 2.25. The summed E-state index contributed by atoms with van der Waals surface area (Å²) in [4.78, 5) is 14.7. The van der Waals surface area contributed by atoms with E-state index in [1.165, 1.54) is 12.1 Å². The van der Waals surface area contributed by atoms with Gasteiger partial charge in [0, 0.05) is 29.3 Å². The molecule has 0 aromatic heterocycles. The summed E-state index contributed by atoms with van der Waals surface area (Å²) in [5.41, 5.74) is 1.92. The van der Waals surface area contributed by atoms with E-state index in [0.717, 1.165) is 17.4 Å². The molecule has 1 amide bonds. The van der Waals surface area contributed by atoms with Crippen molar-refractivity contribution in [2.45, 2.75) is 18.9 Å². The molecule has 1 aliphatic heterocycles. The van der Waals surface area contributed by atoms with Crippen LogP contribution < -0.4 is 10.2 Å². The molecule has 0 spiro atoms. The Balaban J connectivity index is 1.64. The van der Waals surface area contributed by atoms with Crippen LogP contribution in [0.5, 0.6) is 0 Å². The fourth-order valence-corrected chi connectivity index (χ4v) is 3.42. The van der Waals surface area contributed by atoms with Gasteiger partial charge in [-0.2, -0.15) is 0 Å². The summed E-state index contributed by atoms with van der Waals surface area (Å²) < 4.78 is 0.832. The molecule has 3 rings (SSSR count). The number of nitrogens with zero attached hydrogens (tertiary/aromatic N) is 1. The summed E-state index contributed by atoms with van der Waals surface area (Å²) in [6.45, 7) is 1.73. The largest absolute Gasteiger partial charge is 0.367 e. The summed E-state index contributed by atoms with van der Waals surface area (Å²) in [6.07, 6.45) is 2.29. The van der Waals surface area contributed by atoms with Crippen LogP contribution in [0.2, 0.25) is 0 Å². The second-order valence-electron chi connectivity index (χ2n) is 5.51. The van der Waals surface area contributed by atoms with Crippen molar-refractivity contribution in [3.63, 3.8) is 0 Å². The number of benzene rings is 2. The first kappa shape index (κ1) is 15.1. The van der Waals surface area contributed by atoms with Gasteiger partial charge >= 0.3 is 0 Å². The molecule has 1 aliphatic rings. The first-order valence-electron chi connectivity index (χ1n) is 7.60. The van der Waals surface area contributed by atoms with E-state index >= 15 is 0 Å². The smallest absolute Gasteiger partial charge is 0.252 e. The molecule has 1 heterocycles. The molecule has 114 valence electrons. The Morgan fingerprint density at radius 3 is 2.64 bits per heavy atom. The molecule has 0 bridgehead atoms. The quantitative estimate of drug-likeness (QED) is 0.900. The number of para-hydroxylation sites is 1. The zero-order chi connectivity index (χ0) is 15.4. The fraction of sp³-hybridized carbons (Fsp3) is 0.278. The average molecular weight is 359 g/mol. The van der Waals surface area contributed by atoms with Crippen molar-refractivity contribution in [3.8, 4) is 0 Å². The number of hydrogen-bond acceptors (Lipinski definition) is 2. The van der Waals surface area contributed by atoms with E-state index in [0.29, 0.717) is 18.2 Å². The van der Waals surface area contributed by atoms with Gasteiger partial charge in [0.15, 0.2) is 0 Å². The second kappa shape index (κ2) is 6.97. The second-order valence-corrected chi connectivity index (χ2v) is 6.37. The molecular weight excluding hydrogens is 340 g/mol. The van der Waals surface area contributed by atoms with Gasteiger partial charge in [-0.05, 0) is 53.0 Å². The van der Waals surface area contributed by atoms with E-state index in [1.54, 1.807) is 0 Å². The number of rotatable bonds is 4. The Morgan fingerprint density at radius 2 is 1.86 bits per heavy atom. The SMILES string of the molecule is O=C(NC[C@@H]1CCCN1c1ccccc1)c1ccccc1Br. The maximum absolute atomic E-state index is 12.3. The van der Waals surface area contributed by atoms with Crippen molar-refractivity contribution in [2.75, 3.05) is 18.0 Å². The third-order valence-corrected chi connectivity index (χ3v) is 4.77. The van der Waals surface area contributed by atoms with E-state index in [2.05, 4.69) is 50.4 Å². The van der Waals surface area contributed by atoms with Gasteiger partial charge in [-0.15, -0.1) is 0 Å². The van der Waals surface area contributed by atoms with Gasteiger partial charge in [0.25, 0.3) is 5.91 Å². The number of halogens is 1. The molecule has 2 aromatic rings. The molecule has 2 aromatic carbocycles. The van der Waals surface area contributed by atoms with E-state index in [-0.39, 0.29) is 5.91 Å². The van der Waals surface area contributed by atoms with E-state index in [9.17, 15) is 4.79 Å². The Kier molecular flexibility index (Phi) is 4.78. The van der Waals surface area contributed by atoms with E-state index in [1.807, 2.05) is 30.3 Å². The Bertz CT molecular complexity index is 645. The Hall–Kier alpha value is -1.81. The highest BCUT2D eigenvalue weighted by atomic mass is 79.9. The van der Waals surface area contributed by atoms with Gasteiger partial charge in [0.05, 0.1) is 5.56 Å². The van der Waals surface area contributed by atoms with Gasteiger partial charge in [0.1, 0.15) is 0 Å². The number of anilines is 1. The summed E-state index contributed by atoms with van der Waals surface area (Å²) >= 11 is 3.43. The third kappa shape index (κ3) is 3.33. The van der Waals surface area contributed by atoms with Gasteiger partial charge in [-0.25, -0.2) is 0 Å². The van der Waals surface area contributed by atoms with Crippen LogP contribution in [0.4, 0.5) is 5.69 Å². The lowest BCUT2D eigenvalue weighted by Gasteiger charge is -2.27. The van der Waals surface area contributed by atoms with Gasteiger partial charge in [-0.3, -0.25) is 4.79 Å². The van der Waals surface area contributed by atoms with Crippen molar-refractivity contribution >= 4 is 27.5 Å². The standard InChI is InChI=1S/C18H19BrN2O/c19-17-11-5-4-10-16(17)18(22)20-13-15-9-6-12-21(15)14-7-2-1-3-8-14/h1-5,7-8,10-11,15H,6,9,12-13H2,(H,20,22)/t15-/m0/s1. The number of hydrogen-bond donors (Lipinski definition) is 1. The van der Waals surface area contributed by atoms with Gasteiger partial charge in [0.2, 0.25) is 0 Å². The first-order chi connectivity index (χ1) is 10.8. The average Bonchev–Trinajstić information content (AvgIpc) is 3.02. The minimum absolute atomic E-state index is 0.0209. The highest BCUT2D eigenvalue weighted by molar-refractivity contribution is 9.10. The lowest BCUT2D eigenvalue weighted by Crippen LogP contribution is -2.40. The normalized spacial score (nSPS) is 17.5. The minimum atomic E-state index is -0.0209. The van der Waals surface area contributed by atoms with Crippen LogP contribution in [0.25, 0.3) is 0 Å². The molecule has 3 nitrogen and oxygen atoms in total. The lowest BCUT2D eigenvalue weighted by molar-refractivity contribution is 0.0950. The Labute approximate surface area is 139 Å². The van der Waals surface area contributed by atoms with Crippen molar-refractivity contribution in [2.24, 2.45) is 0 Å². The molecule has 0 unspecified atom stereocenters. The summed E-state index contributed by atoms with van der Waals surface area (Å²) in [5.74, 6) is -0.0209. The summed E-state index contributed by atoms with van der Waals surface area (Å²) in [7, 11) is 0. The lowest BCUT2D eigenvalue weighted by atomic mass is 10.1. The molecule has 0 aliphatic carbocycles. The van der Waals surface area contributed by atoms with Crippen molar-refractivity contribution in [3.05, 3.63) is 64.6 Å². The van der Waals surface area contributed by atoms with Gasteiger partial charge < -0.3 is 10.2 Å². The third-order valence-electron chi connectivity index (χ3n) is 4.08. The van der Waals surface area contributed by atoms with Crippen LogP contribution in [0.1, 0.15) is 23.2 Å². The topological polar surface area (TPSA) is 32.3 Å². The van der Waals surface area contributed by atoms with Crippen molar-refractivity contribution in [1.82, 2.24) is 5.32 Å². The predicted molar refractivity (Wildman–Crippen MR) is 93.3 cm³/mol. The van der Waals surface area contributed by atoms with Crippen LogP contribution >= 0.6 is 15.9 Å². The van der Waals surface area contributed by atoms with Crippen LogP contribution in [0.3, 0.4) is 0 Å². The number of carbonyl (C=O) groups is 1. The number of carbonyl (C=O) groups excluding carboxylic acids is 1. The maximum Gasteiger partial charge on any atom is 0.252 e. The van der Waals surface area contributed by atoms with Crippen LogP contribution in [-0.4, -0.2) is 25.0 Å². The van der Waals surface area contributed by atoms with Crippen LogP contribution in [-0.2, 0) is 0 Å². The maximum atomic E-state index is 12.3. The molecule has 1 atom stereocenters. The molecular formula is C18H19BrN2O. The minimum Gasteiger partial charge on any atom is -0.367 e. The van der Waals surface area contributed by atoms with Gasteiger partial charge in [-0.1, -0.05) is 30.3 Å². The Morgan fingerprint density at radius 1 is 1.14 bits per heavy atom. The van der Waals surface area contributed by atoms with Crippen molar-refractivity contribution < 1.29 is 4.79 Å².